The molecule has 0 aliphatic carbocycles. The Bertz CT molecular complexity index is 705. The van der Waals surface area contributed by atoms with Gasteiger partial charge in [0.2, 0.25) is 5.91 Å². The van der Waals surface area contributed by atoms with E-state index < -0.39 is 11.9 Å². The van der Waals surface area contributed by atoms with Crippen LogP contribution in [0.25, 0.3) is 10.9 Å². The van der Waals surface area contributed by atoms with Crippen LogP contribution in [0.2, 0.25) is 0 Å². The number of amides is 1. The van der Waals surface area contributed by atoms with Gasteiger partial charge in [0.15, 0.2) is 0 Å². The lowest BCUT2D eigenvalue weighted by Crippen LogP contribution is -2.33. The Labute approximate surface area is 122 Å². The van der Waals surface area contributed by atoms with Crippen LogP contribution >= 0.6 is 0 Å². The summed E-state index contributed by atoms with van der Waals surface area (Å²) >= 11 is 0. The predicted octanol–water partition coefficient (Wildman–Crippen LogP) is 1.88. The molecule has 0 bridgehead atoms. The van der Waals surface area contributed by atoms with Crippen molar-refractivity contribution in [3.63, 3.8) is 0 Å². The minimum Gasteiger partial charge on any atom is -0.481 e. The van der Waals surface area contributed by atoms with Crippen LogP contribution in [0.15, 0.2) is 30.3 Å². The van der Waals surface area contributed by atoms with Gasteiger partial charge < -0.3 is 14.6 Å². The molecule has 2 heterocycles. The maximum Gasteiger partial charge on any atom is 0.308 e. The van der Waals surface area contributed by atoms with Crippen molar-refractivity contribution in [1.29, 1.82) is 0 Å². The lowest BCUT2D eigenvalue weighted by molar-refractivity contribution is -0.141. The van der Waals surface area contributed by atoms with Crippen LogP contribution in [-0.4, -0.2) is 39.5 Å². The molecule has 21 heavy (non-hydrogen) atoms. The zero-order chi connectivity index (χ0) is 15.0. The summed E-state index contributed by atoms with van der Waals surface area (Å²) in [5, 5.41) is 10.1. The Morgan fingerprint density at radius 1 is 1.33 bits per heavy atom. The van der Waals surface area contributed by atoms with E-state index in [2.05, 4.69) is 6.07 Å². The Morgan fingerprint density at radius 3 is 2.81 bits per heavy atom. The molecule has 1 unspecified atom stereocenters. The van der Waals surface area contributed by atoms with Gasteiger partial charge in [-0.1, -0.05) is 18.2 Å². The van der Waals surface area contributed by atoms with Crippen LogP contribution in [0.1, 0.15) is 12.1 Å². The standard InChI is InChI=1S/C16H18N2O3/c1-11-8-12-4-2-3-5-14(12)18(11)10-15(19)17-7-6-13(9-17)16(20)21/h2-5,8,13H,6-7,9-10H2,1H3,(H,20,21). The van der Waals surface area contributed by atoms with Gasteiger partial charge in [0.05, 0.1) is 5.92 Å². The fourth-order valence-corrected chi connectivity index (χ4v) is 2.98. The third-order valence-electron chi connectivity index (χ3n) is 4.20. The summed E-state index contributed by atoms with van der Waals surface area (Å²) in [4.78, 5) is 25.0. The Balaban J connectivity index is 1.78. The summed E-state index contributed by atoms with van der Waals surface area (Å²) in [6.07, 6.45) is 0.548. The average Bonchev–Trinajstić information content (AvgIpc) is 3.05. The van der Waals surface area contributed by atoms with Crippen molar-refractivity contribution in [2.24, 2.45) is 5.92 Å². The third-order valence-corrected chi connectivity index (χ3v) is 4.20. The van der Waals surface area contributed by atoms with E-state index in [4.69, 9.17) is 5.11 Å². The monoisotopic (exact) mass is 286 g/mol. The molecule has 1 saturated heterocycles. The summed E-state index contributed by atoms with van der Waals surface area (Å²) in [5.74, 6) is -1.24. The molecule has 110 valence electrons. The highest BCUT2D eigenvalue weighted by Gasteiger charge is 2.30. The molecule has 1 amide bonds. The van der Waals surface area contributed by atoms with E-state index in [1.165, 1.54) is 0 Å². The Morgan fingerprint density at radius 2 is 2.10 bits per heavy atom. The van der Waals surface area contributed by atoms with Crippen LogP contribution in [0.4, 0.5) is 0 Å². The minimum atomic E-state index is -0.812. The van der Waals surface area contributed by atoms with E-state index in [9.17, 15) is 9.59 Å². The van der Waals surface area contributed by atoms with Gasteiger partial charge in [0.1, 0.15) is 6.54 Å². The molecule has 1 aromatic heterocycles. The largest absolute Gasteiger partial charge is 0.481 e. The number of benzene rings is 1. The van der Waals surface area contributed by atoms with Crippen LogP contribution in [0, 0.1) is 12.8 Å². The van der Waals surface area contributed by atoms with E-state index in [0.717, 1.165) is 16.6 Å². The highest BCUT2D eigenvalue weighted by atomic mass is 16.4. The van der Waals surface area contributed by atoms with E-state index >= 15 is 0 Å². The smallest absolute Gasteiger partial charge is 0.308 e. The number of fused-ring (bicyclic) bond motifs is 1. The molecule has 0 radical (unpaired) electrons. The summed E-state index contributed by atoms with van der Waals surface area (Å²) in [7, 11) is 0. The summed E-state index contributed by atoms with van der Waals surface area (Å²) < 4.78 is 1.99. The van der Waals surface area contributed by atoms with Gasteiger partial charge in [0.25, 0.3) is 0 Å². The van der Waals surface area contributed by atoms with Gasteiger partial charge in [0, 0.05) is 24.3 Å². The minimum absolute atomic E-state index is 0.0109. The molecule has 3 rings (SSSR count). The first-order valence-electron chi connectivity index (χ1n) is 7.11. The van der Waals surface area contributed by atoms with Gasteiger partial charge in [-0.05, 0) is 30.9 Å². The molecule has 2 aromatic rings. The van der Waals surface area contributed by atoms with Gasteiger partial charge in [-0.15, -0.1) is 0 Å². The number of nitrogens with zero attached hydrogens (tertiary/aromatic N) is 2. The molecule has 1 aliphatic rings. The number of carbonyl (C=O) groups is 2. The number of likely N-dealkylation sites (tertiary alicyclic amines) is 1. The van der Waals surface area contributed by atoms with Crippen LogP contribution in [-0.2, 0) is 16.1 Å². The first-order chi connectivity index (χ1) is 10.1. The van der Waals surface area contributed by atoms with Crippen molar-refractivity contribution in [3.8, 4) is 0 Å². The van der Waals surface area contributed by atoms with Gasteiger partial charge in [-0.3, -0.25) is 9.59 Å². The van der Waals surface area contributed by atoms with Crippen molar-refractivity contribution in [2.45, 2.75) is 19.9 Å². The van der Waals surface area contributed by atoms with E-state index in [1.54, 1.807) is 4.90 Å². The lowest BCUT2D eigenvalue weighted by Gasteiger charge is -2.17. The van der Waals surface area contributed by atoms with E-state index in [1.807, 2.05) is 35.8 Å². The van der Waals surface area contributed by atoms with Crippen molar-refractivity contribution in [2.75, 3.05) is 13.1 Å². The highest BCUT2D eigenvalue weighted by molar-refractivity contribution is 5.84. The normalized spacial score (nSPS) is 18.3. The summed E-state index contributed by atoms with van der Waals surface area (Å²) in [5.41, 5.74) is 2.08. The summed E-state index contributed by atoms with van der Waals surface area (Å²) in [6.45, 7) is 3.11. The number of aliphatic carboxylic acids is 1. The number of carbonyl (C=O) groups excluding carboxylic acids is 1. The second-order valence-corrected chi connectivity index (χ2v) is 5.59. The van der Waals surface area contributed by atoms with E-state index in [0.29, 0.717) is 19.5 Å². The first kappa shape index (κ1) is 13.7. The number of aromatic nitrogens is 1. The molecular formula is C16H18N2O3. The van der Waals surface area contributed by atoms with Crippen LogP contribution < -0.4 is 0 Å². The van der Waals surface area contributed by atoms with Crippen molar-refractivity contribution in [3.05, 3.63) is 36.0 Å². The SMILES string of the molecule is Cc1cc2ccccc2n1CC(=O)N1CCC(C(=O)O)C1. The van der Waals surface area contributed by atoms with Crippen LogP contribution in [0.5, 0.6) is 0 Å². The maximum absolute atomic E-state index is 12.4. The fraction of sp³-hybridized carbons (Fsp3) is 0.375. The lowest BCUT2D eigenvalue weighted by atomic mass is 10.1. The zero-order valence-electron chi connectivity index (χ0n) is 12.0. The molecular weight excluding hydrogens is 268 g/mol. The maximum atomic E-state index is 12.4. The molecule has 1 N–H and O–H groups in total. The molecule has 0 spiro atoms. The molecule has 1 aromatic carbocycles. The number of para-hydroxylation sites is 1. The van der Waals surface area contributed by atoms with Crippen molar-refractivity contribution < 1.29 is 14.7 Å². The molecule has 1 fully saturated rings. The molecule has 5 nitrogen and oxygen atoms in total. The average molecular weight is 286 g/mol. The predicted molar refractivity (Wildman–Crippen MR) is 79.0 cm³/mol. The van der Waals surface area contributed by atoms with Gasteiger partial charge in [-0.25, -0.2) is 0 Å². The Hall–Kier alpha value is -2.30. The number of rotatable bonds is 3. The quantitative estimate of drug-likeness (QED) is 0.937. The topological polar surface area (TPSA) is 62.5 Å². The number of aryl methyl sites for hydroxylation is 1. The molecule has 0 saturated carbocycles. The number of carboxylic acids is 1. The second kappa shape index (κ2) is 5.24. The van der Waals surface area contributed by atoms with Crippen LogP contribution in [0.3, 0.4) is 0 Å². The highest BCUT2D eigenvalue weighted by Crippen LogP contribution is 2.21. The number of hydrogen-bond donors (Lipinski definition) is 1. The molecule has 1 aliphatic heterocycles. The first-order valence-corrected chi connectivity index (χ1v) is 7.11. The number of hydrogen-bond acceptors (Lipinski definition) is 2. The number of carboxylic acid groups (broad SMARTS) is 1. The van der Waals surface area contributed by atoms with Crippen molar-refractivity contribution >= 4 is 22.8 Å². The van der Waals surface area contributed by atoms with Crippen molar-refractivity contribution in [1.82, 2.24) is 9.47 Å². The van der Waals surface area contributed by atoms with Gasteiger partial charge >= 0.3 is 5.97 Å². The molecule has 1 atom stereocenters. The Kier molecular flexibility index (Phi) is 3.41. The molecule has 5 heteroatoms. The third kappa shape index (κ3) is 2.51. The zero-order valence-corrected chi connectivity index (χ0v) is 12.0. The van der Waals surface area contributed by atoms with Gasteiger partial charge in [-0.2, -0.15) is 0 Å². The van der Waals surface area contributed by atoms with E-state index in [-0.39, 0.29) is 12.5 Å². The summed E-state index contributed by atoms with van der Waals surface area (Å²) in [6, 6.07) is 10.0. The second-order valence-electron chi connectivity index (χ2n) is 5.59. The fourth-order valence-electron chi connectivity index (χ4n) is 2.98.